The van der Waals surface area contributed by atoms with Crippen LogP contribution in [0.5, 0.6) is 11.5 Å². The van der Waals surface area contributed by atoms with Gasteiger partial charge in [-0.05, 0) is 12.1 Å². The number of hydrogen-bond acceptors (Lipinski definition) is 7. The van der Waals surface area contributed by atoms with Gasteiger partial charge in [0.2, 0.25) is 0 Å². The standard InChI is InChI=1S/C22H14Cl2O7/c1-9(25)29-20-18-17(8-15(27)19(20)24)30-16-7-14(26)13(23)6-12(16)22(18)11-5-3-2-4-10(11)21(28)31-22/h2-8,19-20,26-27H,1H3. The zero-order chi connectivity index (χ0) is 22.1. The van der Waals surface area contributed by atoms with Gasteiger partial charge in [0.1, 0.15) is 28.4 Å². The minimum absolute atomic E-state index is 0.00636. The van der Waals surface area contributed by atoms with E-state index in [9.17, 15) is 19.8 Å². The average Bonchev–Trinajstić information content (AvgIpc) is 3.00. The smallest absolute Gasteiger partial charge is 0.340 e. The highest BCUT2D eigenvalue weighted by molar-refractivity contribution is 6.32. The van der Waals surface area contributed by atoms with Crippen molar-refractivity contribution in [2.45, 2.75) is 24.0 Å². The summed E-state index contributed by atoms with van der Waals surface area (Å²) in [7, 11) is 0. The number of aliphatic hydroxyl groups excluding tert-OH is 1. The van der Waals surface area contributed by atoms with Crippen molar-refractivity contribution < 1.29 is 34.0 Å². The van der Waals surface area contributed by atoms with Crippen LogP contribution < -0.4 is 4.74 Å². The zero-order valence-electron chi connectivity index (χ0n) is 15.9. The van der Waals surface area contributed by atoms with Crippen molar-refractivity contribution in [3.05, 3.63) is 81.3 Å². The Morgan fingerprint density at radius 2 is 1.94 bits per heavy atom. The molecule has 0 bridgehead atoms. The third kappa shape index (κ3) is 2.66. The molecular weight excluding hydrogens is 447 g/mol. The normalized spacial score (nSPS) is 25.8. The second kappa shape index (κ2) is 6.67. The molecule has 9 heteroatoms. The van der Waals surface area contributed by atoms with Crippen molar-refractivity contribution in [2.75, 3.05) is 0 Å². The number of aliphatic hydroxyl groups is 1. The first-order valence-corrected chi connectivity index (χ1v) is 10.1. The van der Waals surface area contributed by atoms with Crippen LogP contribution in [0.1, 0.15) is 28.4 Å². The maximum atomic E-state index is 12.9. The zero-order valence-corrected chi connectivity index (χ0v) is 17.4. The van der Waals surface area contributed by atoms with Crippen molar-refractivity contribution in [2.24, 2.45) is 0 Å². The summed E-state index contributed by atoms with van der Waals surface area (Å²) in [6, 6.07) is 9.45. The van der Waals surface area contributed by atoms with Gasteiger partial charge in [-0.3, -0.25) is 4.79 Å². The number of ether oxygens (including phenoxy) is 3. The molecule has 0 saturated heterocycles. The highest BCUT2D eigenvalue weighted by atomic mass is 35.5. The van der Waals surface area contributed by atoms with Crippen LogP contribution in [0.3, 0.4) is 0 Å². The molecule has 2 aliphatic heterocycles. The van der Waals surface area contributed by atoms with Gasteiger partial charge >= 0.3 is 11.9 Å². The summed E-state index contributed by atoms with van der Waals surface area (Å²) in [5.74, 6) is -1.55. The van der Waals surface area contributed by atoms with Gasteiger partial charge in [0.15, 0.2) is 11.7 Å². The molecule has 158 valence electrons. The third-order valence-corrected chi connectivity index (χ3v) is 6.22. The van der Waals surface area contributed by atoms with Gasteiger partial charge in [0.05, 0.1) is 16.2 Å². The number of hydrogen-bond donors (Lipinski definition) is 2. The molecular formula is C22H14Cl2O7. The first-order chi connectivity index (χ1) is 14.7. The van der Waals surface area contributed by atoms with Crippen LogP contribution in [0, 0.1) is 0 Å². The van der Waals surface area contributed by atoms with Crippen molar-refractivity contribution in [3.8, 4) is 11.5 Å². The number of phenolic OH excluding ortho intramolecular Hbond substituents is 1. The van der Waals surface area contributed by atoms with E-state index in [4.69, 9.17) is 37.4 Å². The van der Waals surface area contributed by atoms with Gasteiger partial charge in [-0.2, -0.15) is 0 Å². The molecule has 7 nitrogen and oxygen atoms in total. The molecule has 0 radical (unpaired) electrons. The van der Waals surface area contributed by atoms with Crippen molar-refractivity contribution in [1.29, 1.82) is 0 Å². The SMILES string of the molecule is CC(=O)OC1C2=C(C=C(O)C1Cl)Oc1cc(O)c(Cl)cc1C21OC(=O)c2ccccc21. The highest BCUT2D eigenvalue weighted by Crippen LogP contribution is 2.58. The number of rotatable bonds is 1. The van der Waals surface area contributed by atoms with Gasteiger partial charge in [-0.25, -0.2) is 4.79 Å². The molecule has 2 N–H and O–H groups in total. The van der Waals surface area contributed by atoms with E-state index in [1.54, 1.807) is 24.3 Å². The van der Waals surface area contributed by atoms with E-state index < -0.39 is 29.0 Å². The first kappa shape index (κ1) is 19.8. The lowest BCUT2D eigenvalue weighted by Crippen LogP contribution is -2.47. The maximum absolute atomic E-state index is 12.9. The number of phenols is 1. The highest BCUT2D eigenvalue weighted by Gasteiger charge is 2.59. The van der Waals surface area contributed by atoms with E-state index in [1.165, 1.54) is 25.1 Å². The molecule has 5 rings (SSSR count). The average molecular weight is 461 g/mol. The van der Waals surface area contributed by atoms with Gasteiger partial charge in [-0.15, -0.1) is 11.6 Å². The van der Waals surface area contributed by atoms with E-state index in [2.05, 4.69) is 0 Å². The topological polar surface area (TPSA) is 102 Å². The number of carbonyl (C=O) groups excluding carboxylic acids is 2. The van der Waals surface area contributed by atoms with Gasteiger partial charge in [0, 0.05) is 30.2 Å². The fraction of sp³-hybridized carbons (Fsp3) is 0.182. The molecule has 3 atom stereocenters. The molecule has 2 aromatic rings. The number of carbonyl (C=O) groups is 2. The van der Waals surface area contributed by atoms with Crippen LogP contribution in [0.25, 0.3) is 0 Å². The molecule has 0 saturated carbocycles. The Bertz CT molecular complexity index is 1230. The molecule has 0 amide bonds. The molecule has 1 spiro atoms. The summed E-state index contributed by atoms with van der Waals surface area (Å²) < 4.78 is 17.4. The third-order valence-electron chi connectivity index (χ3n) is 5.47. The lowest BCUT2D eigenvalue weighted by Gasteiger charge is -2.43. The van der Waals surface area contributed by atoms with Crippen LogP contribution >= 0.6 is 23.2 Å². The van der Waals surface area contributed by atoms with Crippen LogP contribution in [0.2, 0.25) is 5.02 Å². The maximum Gasteiger partial charge on any atom is 0.340 e. The number of aromatic hydroxyl groups is 1. The monoisotopic (exact) mass is 460 g/mol. The summed E-state index contributed by atoms with van der Waals surface area (Å²) in [4.78, 5) is 24.8. The van der Waals surface area contributed by atoms with Crippen molar-refractivity contribution in [1.82, 2.24) is 0 Å². The second-order valence-corrected chi connectivity index (χ2v) is 8.17. The lowest BCUT2D eigenvalue weighted by molar-refractivity contribution is -0.145. The predicted molar refractivity (Wildman–Crippen MR) is 109 cm³/mol. The lowest BCUT2D eigenvalue weighted by atomic mass is 9.73. The van der Waals surface area contributed by atoms with Crippen LogP contribution in [0.15, 0.2) is 59.6 Å². The van der Waals surface area contributed by atoms with Crippen LogP contribution in [-0.2, 0) is 19.9 Å². The largest absolute Gasteiger partial charge is 0.510 e. The molecule has 2 heterocycles. The van der Waals surface area contributed by atoms with Gasteiger partial charge in [0.25, 0.3) is 0 Å². The summed E-state index contributed by atoms with van der Waals surface area (Å²) in [5, 5.41) is 19.4. The van der Waals surface area contributed by atoms with E-state index in [1.807, 2.05) is 0 Å². The fourth-order valence-corrected chi connectivity index (χ4v) is 4.68. The van der Waals surface area contributed by atoms with E-state index in [-0.39, 0.29) is 33.6 Å². The first-order valence-electron chi connectivity index (χ1n) is 9.24. The molecule has 1 aliphatic carbocycles. The minimum atomic E-state index is -1.60. The van der Waals surface area contributed by atoms with Crippen LogP contribution in [-0.4, -0.2) is 33.6 Å². The number of halogens is 2. The molecule has 0 aromatic heterocycles. The Balaban J connectivity index is 1.89. The second-order valence-electron chi connectivity index (χ2n) is 7.30. The Kier molecular flexibility index (Phi) is 4.26. The Morgan fingerprint density at radius 1 is 1.19 bits per heavy atom. The number of alkyl halides is 1. The number of fused-ring (bicyclic) bond motifs is 5. The molecule has 3 unspecified atom stereocenters. The summed E-state index contributed by atoms with van der Waals surface area (Å²) >= 11 is 12.6. The summed E-state index contributed by atoms with van der Waals surface area (Å²) in [5.41, 5.74) is -0.276. The number of esters is 2. The Morgan fingerprint density at radius 3 is 2.68 bits per heavy atom. The van der Waals surface area contributed by atoms with E-state index in [0.29, 0.717) is 16.7 Å². The van der Waals surface area contributed by atoms with Crippen molar-refractivity contribution in [3.63, 3.8) is 0 Å². The Hall–Kier alpha value is -3.16. The van der Waals surface area contributed by atoms with Gasteiger partial charge < -0.3 is 24.4 Å². The van der Waals surface area contributed by atoms with E-state index in [0.717, 1.165) is 0 Å². The fourth-order valence-electron chi connectivity index (χ4n) is 4.27. The molecule has 2 aromatic carbocycles. The number of allylic oxidation sites excluding steroid dienone is 1. The predicted octanol–water partition coefficient (Wildman–Crippen LogP) is 4.10. The number of benzene rings is 2. The van der Waals surface area contributed by atoms with Crippen molar-refractivity contribution >= 4 is 35.1 Å². The summed E-state index contributed by atoms with van der Waals surface area (Å²) in [6.45, 7) is 1.20. The molecule has 3 aliphatic rings. The summed E-state index contributed by atoms with van der Waals surface area (Å²) in [6.07, 6.45) is 0.0665. The van der Waals surface area contributed by atoms with Crippen LogP contribution in [0.4, 0.5) is 0 Å². The molecule has 0 fully saturated rings. The minimum Gasteiger partial charge on any atom is -0.510 e. The van der Waals surface area contributed by atoms with E-state index >= 15 is 0 Å². The quantitative estimate of drug-likeness (QED) is 0.487. The van der Waals surface area contributed by atoms with Gasteiger partial charge in [-0.1, -0.05) is 29.8 Å². The Labute approximate surface area is 186 Å². The molecule has 31 heavy (non-hydrogen) atoms.